The predicted octanol–water partition coefficient (Wildman–Crippen LogP) is 10.1. The van der Waals surface area contributed by atoms with E-state index in [1.54, 1.807) is 26.2 Å². The molecule has 2 atom stereocenters. The van der Waals surface area contributed by atoms with Crippen molar-refractivity contribution in [3.63, 3.8) is 0 Å². The van der Waals surface area contributed by atoms with E-state index in [0.29, 0.717) is 48.8 Å². The van der Waals surface area contributed by atoms with Crippen molar-refractivity contribution in [2.24, 2.45) is 0 Å². The van der Waals surface area contributed by atoms with Gasteiger partial charge in [-0.25, -0.2) is 0 Å². The molecule has 0 aliphatic rings. The number of rotatable bonds is 42. The number of nitrogens with one attached hydrogen (secondary N) is 1. The topological polar surface area (TPSA) is 159 Å². The normalized spacial score (nSPS) is 12.4. The monoisotopic (exact) mass is 1000 g/mol. The first-order valence-corrected chi connectivity index (χ1v) is 27.1. The Morgan fingerprint density at radius 1 is 0.768 bits per heavy atom. The zero-order valence-electron chi connectivity index (χ0n) is 42.4. The fourth-order valence-corrected chi connectivity index (χ4v) is 8.29. The minimum atomic E-state index is -4.54. The van der Waals surface area contributed by atoms with Gasteiger partial charge in [0.05, 0.1) is 38.9 Å². The number of nitrogens with zero attached hydrogens (tertiary/aromatic N) is 2. The molecule has 16 heteroatoms. The summed E-state index contributed by atoms with van der Waals surface area (Å²) in [6, 6.07) is 5.34. The average Bonchev–Trinajstić information content (AvgIpc) is 3.61. The van der Waals surface area contributed by atoms with Crippen LogP contribution < -0.4 is 14.9 Å². The second-order valence-corrected chi connectivity index (χ2v) is 18.8. The molecule has 0 bridgehead atoms. The lowest BCUT2D eigenvalue weighted by atomic mass is 10.0. The van der Waals surface area contributed by atoms with Gasteiger partial charge in [0.15, 0.2) is 0 Å². The number of halogens is 1. The van der Waals surface area contributed by atoms with Crippen LogP contribution in [0.2, 0.25) is 0 Å². The van der Waals surface area contributed by atoms with Gasteiger partial charge in [-0.05, 0) is 87.0 Å². The van der Waals surface area contributed by atoms with Crippen molar-refractivity contribution >= 4 is 42.1 Å². The Balaban J connectivity index is 1.66. The maximum atomic E-state index is 13.1. The van der Waals surface area contributed by atoms with Crippen molar-refractivity contribution in [1.82, 2.24) is 14.8 Å². The van der Waals surface area contributed by atoms with Crippen molar-refractivity contribution in [2.45, 2.75) is 162 Å². The molecule has 14 nitrogen and oxygen atoms in total. The zero-order valence-corrected chi connectivity index (χ0v) is 44.1. The Kier molecular flexibility index (Phi) is 36.0. The van der Waals surface area contributed by atoms with Crippen LogP contribution in [0.25, 0.3) is 10.9 Å². The van der Waals surface area contributed by atoms with Crippen LogP contribution in [0.3, 0.4) is 0 Å². The van der Waals surface area contributed by atoms with Gasteiger partial charge in [0, 0.05) is 60.5 Å². The lowest BCUT2D eigenvalue weighted by Gasteiger charge is -2.26. The molecule has 1 heterocycles. The number of unbranched alkanes of at least 4 members (excludes halogenated alkanes) is 18. The number of benzene rings is 1. The first-order valence-electron chi connectivity index (χ1n) is 25.3. The van der Waals surface area contributed by atoms with E-state index in [0.717, 1.165) is 56.9 Å². The van der Waals surface area contributed by atoms with Gasteiger partial charge in [-0.3, -0.25) is 18.7 Å². The van der Waals surface area contributed by atoms with Crippen molar-refractivity contribution in [1.29, 1.82) is 0 Å². The number of phosphoric acid groups is 1. The molecule has 2 aromatic rings. The molecule has 1 amide bonds. The van der Waals surface area contributed by atoms with Gasteiger partial charge in [0.25, 0.3) is 7.82 Å². The molecule has 0 saturated heterocycles. The zero-order chi connectivity index (χ0) is 50.2. The predicted molar refractivity (Wildman–Crippen MR) is 273 cm³/mol. The van der Waals surface area contributed by atoms with Gasteiger partial charge >= 0.3 is 5.91 Å². The van der Waals surface area contributed by atoms with Crippen LogP contribution in [0.4, 0.5) is 0 Å². The molecule has 69 heavy (non-hydrogen) atoms. The highest BCUT2D eigenvalue weighted by Crippen LogP contribution is 2.38. The van der Waals surface area contributed by atoms with Crippen molar-refractivity contribution < 1.29 is 51.8 Å². The second-order valence-electron chi connectivity index (χ2n) is 17.2. The van der Waals surface area contributed by atoms with Crippen LogP contribution in [0.5, 0.6) is 5.75 Å². The maximum Gasteiger partial charge on any atom is 0.308 e. The second kappa shape index (κ2) is 40.2. The van der Waals surface area contributed by atoms with Crippen LogP contribution >= 0.6 is 19.4 Å². The molecule has 388 valence electrons. The molecule has 0 aliphatic carbocycles. The molecular weight excluding hydrogens is 921 g/mol. The van der Waals surface area contributed by atoms with E-state index in [1.807, 2.05) is 24.9 Å². The third kappa shape index (κ3) is 29.5. The van der Waals surface area contributed by atoms with Crippen LogP contribution in [0.15, 0.2) is 18.2 Å². The summed E-state index contributed by atoms with van der Waals surface area (Å²) >= 11 is 5.30. The Bertz CT molecular complexity index is 1960. The first kappa shape index (κ1) is 61.7. The summed E-state index contributed by atoms with van der Waals surface area (Å²) in [6.07, 6.45) is 23.4. The Labute approximate surface area is 419 Å². The van der Waals surface area contributed by atoms with E-state index in [-0.39, 0.29) is 45.7 Å². The van der Waals surface area contributed by atoms with E-state index in [4.69, 9.17) is 44.3 Å². The number of hydrogen-bond donors (Lipinski definition) is 1. The van der Waals surface area contributed by atoms with Crippen LogP contribution in [-0.2, 0) is 43.8 Å². The van der Waals surface area contributed by atoms with Crippen LogP contribution in [0, 0.1) is 41.9 Å². The van der Waals surface area contributed by atoms with Gasteiger partial charge in [-0.15, -0.1) is 0 Å². The average molecular weight is 1000 g/mol. The van der Waals surface area contributed by atoms with E-state index in [1.165, 1.54) is 88.0 Å². The summed E-state index contributed by atoms with van der Waals surface area (Å²) in [5, 5.41) is 5.87. The highest BCUT2D eigenvalue weighted by molar-refractivity contribution is 7.45. The Morgan fingerprint density at radius 3 is 1.97 bits per heavy atom. The summed E-state index contributed by atoms with van der Waals surface area (Å²) in [5.74, 6) is 12.3. The van der Waals surface area contributed by atoms with Gasteiger partial charge in [0.2, 0.25) is 5.91 Å². The number of hydrogen-bond acceptors (Lipinski definition) is 12. The number of methoxy groups -OCH3 is 1. The summed E-state index contributed by atoms with van der Waals surface area (Å²) in [4.78, 5) is 40.5. The number of phosphoric ester groups is 1. The first-order chi connectivity index (χ1) is 33.6. The molecule has 0 saturated carbocycles. The molecule has 2 unspecified atom stereocenters. The minimum Gasteiger partial charge on any atom is -0.756 e. The molecule has 2 rings (SSSR count). The lowest BCUT2D eigenvalue weighted by Crippen LogP contribution is -2.29. The largest absolute Gasteiger partial charge is 0.756 e. The summed E-state index contributed by atoms with van der Waals surface area (Å²) in [6.45, 7) is 8.62. The molecule has 1 aromatic heterocycles. The molecule has 0 spiro atoms. The van der Waals surface area contributed by atoms with Gasteiger partial charge in [-0.1, -0.05) is 123 Å². The van der Waals surface area contributed by atoms with E-state index >= 15 is 0 Å². The van der Waals surface area contributed by atoms with E-state index in [2.05, 4.69) is 47.2 Å². The smallest absolute Gasteiger partial charge is 0.308 e. The third-order valence-corrected chi connectivity index (χ3v) is 12.8. The Morgan fingerprint density at radius 2 is 1.36 bits per heavy atom. The number of fused-ring (bicyclic) bond motifs is 1. The highest BCUT2D eigenvalue weighted by Gasteiger charge is 2.21. The van der Waals surface area contributed by atoms with Gasteiger partial charge < -0.3 is 47.8 Å². The summed E-state index contributed by atoms with van der Waals surface area (Å²) in [5.41, 5.74) is 1.94. The minimum absolute atomic E-state index is 0.00660. The van der Waals surface area contributed by atoms with Crippen molar-refractivity contribution in [3.8, 4) is 40.7 Å². The molecular formula is C53H82ClN3O11P-. The van der Waals surface area contributed by atoms with E-state index in [9.17, 15) is 19.0 Å². The number of aromatic nitrogens is 1. The number of carbonyl (C=O) groups is 2. The SMILES string of the molecule is CCCCCCCCCCCCCCCCCOCOCC(COP(=O)([O-])OCCN(C)CC)OCOCCCCCCCNC(=O)Cc1c(C)n(C(=O)C#CC#CC#CCl)c2ccc(OC)cc12. The molecule has 0 radical (unpaired) electrons. The number of ether oxygens (including phenoxy) is 5. The van der Waals surface area contributed by atoms with Gasteiger partial charge in [-0.2, -0.15) is 0 Å². The fourth-order valence-electron chi connectivity index (χ4n) is 7.51. The summed E-state index contributed by atoms with van der Waals surface area (Å²) < 4.78 is 52.3. The van der Waals surface area contributed by atoms with Crippen LogP contribution in [-0.4, -0.2) is 108 Å². The maximum absolute atomic E-state index is 13.1. The number of amides is 1. The molecule has 0 fully saturated rings. The highest BCUT2D eigenvalue weighted by atomic mass is 35.5. The third-order valence-electron chi connectivity index (χ3n) is 11.7. The van der Waals surface area contributed by atoms with Crippen LogP contribution in [0.1, 0.15) is 158 Å². The van der Waals surface area contributed by atoms with Crippen molar-refractivity contribution in [2.75, 3.05) is 80.4 Å². The Hall–Kier alpha value is -3.42. The molecule has 1 aromatic carbocycles. The molecule has 0 aliphatic heterocycles. The molecule has 1 N–H and O–H groups in total. The van der Waals surface area contributed by atoms with E-state index < -0.39 is 19.8 Å². The van der Waals surface area contributed by atoms with Crippen molar-refractivity contribution in [3.05, 3.63) is 29.5 Å². The fraction of sp³-hybridized carbons (Fsp3) is 0.698. The number of carbonyl (C=O) groups excluding carboxylic acids is 2. The van der Waals surface area contributed by atoms with Gasteiger partial charge in [0.1, 0.15) is 25.4 Å². The quantitative estimate of drug-likeness (QED) is 0.0291. The standard InChI is InChI=1S/C53H83ClN3O11P/c1-6-8-9-10-11-12-13-14-15-16-17-18-19-24-29-37-63-44-65-42-48(43-68-69(60,61)67-39-36-56(4)7-2)66-45-64-38-30-25-20-23-28-35-55-52(58)41-49-46(3)57(53(59)31-26-21-22-27-34-54)51-33-32-47(62-5)40-50(49)51/h32-33,40,48H,6-20,23-25,28-30,35-39,41-45H2,1-5H3,(H,55,58)(H,60,61)/p-1. The summed E-state index contributed by atoms with van der Waals surface area (Å²) in [7, 11) is -1.10. The number of likely N-dealkylation sites (N-methyl/N-ethyl adjacent to an activating group) is 1. The lowest BCUT2D eigenvalue weighted by molar-refractivity contribution is -0.230.